The SMILES string of the molecule is CCCCc1ccc(C=NN=Cc2cc(F)c(OC(F)(F)F)c(F)c2)cc1.CCCc1ccc(C=NN=Cc2cc(F)c(OC(F)(F)F)c(F)c2)cc1. The van der Waals surface area contributed by atoms with Crippen molar-refractivity contribution in [2.45, 2.75) is 58.7 Å². The lowest BCUT2D eigenvalue weighted by Gasteiger charge is -2.10. The Morgan fingerprint density at radius 3 is 1.09 bits per heavy atom. The molecule has 0 heterocycles. The molecule has 0 aromatic heterocycles. The highest BCUT2D eigenvalue weighted by Crippen LogP contribution is 2.30. The van der Waals surface area contributed by atoms with Crippen LogP contribution in [-0.2, 0) is 12.8 Å². The van der Waals surface area contributed by atoms with Crippen LogP contribution in [0.3, 0.4) is 0 Å². The van der Waals surface area contributed by atoms with Crippen LogP contribution in [-0.4, -0.2) is 37.6 Å². The van der Waals surface area contributed by atoms with Gasteiger partial charge in [0.05, 0.1) is 24.9 Å². The molecule has 0 N–H and O–H groups in total. The van der Waals surface area contributed by atoms with Crippen LogP contribution in [0.4, 0.5) is 43.9 Å². The lowest BCUT2D eigenvalue weighted by atomic mass is 10.1. The lowest BCUT2D eigenvalue weighted by molar-refractivity contribution is -0.277. The molecule has 0 aliphatic heterocycles. The topological polar surface area (TPSA) is 67.9 Å². The fraction of sp³-hybridized carbons (Fsp3) is 0.243. The van der Waals surface area contributed by atoms with Crippen molar-refractivity contribution in [3.8, 4) is 11.5 Å². The third-order valence-electron chi connectivity index (χ3n) is 6.75. The molecule has 4 aromatic carbocycles. The highest BCUT2D eigenvalue weighted by Gasteiger charge is 2.35. The second kappa shape index (κ2) is 19.9. The summed E-state index contributed by atoms with van der Waals surface area (Å²) in [6, 6.07) is 18.0. The Morgan fingerprint density at radius 2 is 0.792 bits per heavy atom. The normalized spacial score (nSPS) is 12.2. The van der Waals surface area contributed by atoms with Crippen LogP contribution in [0.25, 0.3) is 0 Å². The number of rotatable bonds is 13. The Bertz CT molecular complexity index is 1840. The molecule has 0 saturated carbocycles. The quantitative estimate of drug-likeness (QED) is 0.0775. The molecule has 4 aromatic rings. The Morgan fingerprint density at radius 1 is 0.472 bits per heavy atom. The van der Waals surface area contributed by atoms with Gasteiger partial charge in [0, 0.05) is 11.1 Å². The first-order valence-electron chi connectivity index (χ1n) is 15.9. The standard InChI is InChI=1S/C19H17F5N2O.C18H15F5N2O/c1-2-3-4-13-5-7-14(8-6-13)11-25-26-12-15-9-16(20)18(17(21)10-15)27-19(22,23)24;1-2-3-12-4-6-13(7-5-12)10-24-25-11-14-8-15(19)17(16(20)9-14)26-18(21,22)23/h5-12H,2-4H2,1H3;4-11H,2-3H2,1H3. The first-order chi connectivity index (χ1) is 25.1. The van der Waals surface area contributed by atoms with E-state index in [4.69, 9.17) is 0 Å². The van der Waals surface area contributed by atoms with Crippen molar-refractivity contribution in [2.75, 3.05) is 0 Å². The summed E-state index contributed by atoms with van der Waals surface area (Å²) in [5.41, 5.74) is 3.80. The van der Waals surface area contributed by atoms with E-state index in [-0.39, 0.29) is 11.1 Å². The maximum absolute atomic E-state index is 13.6. The predicted octanol–water partition coefficient (Wildman–Crippen LogP) is 10.9. The fourth-order valence-corrected chi connectivity index (χ4v) is 4.34. The summed E-state index contributed by atoms with van der Waals surface area (Å²) in [7, 11) is 0. The fourth-order valence-electron chi connectivity index (χ4n) is 4.34. The third kappa shape index (κ3) is 15.3. The minimum atomic E-state index is -5.19. The molecule has 0 fully saturated rings. The number of hydrogen-bond acceptors (Lipinski definition) is 6. The van der Waals surface area contributed by atoms with E-state index in [1.165, 1.54) is 23.6 Å². The van der Waals surface area contributed by atoms with Gasteiger partial charge in [0.2, 0.25) is 11.5 Å². The average Bonchev–Trinajstić information content (AvgIpc) is 3.08. The van der Waals surface area contributed by atoms with E-state index in [1.807, 2.05) is 48.5 Å². The van der Waals surface area contributed by atoms with Crippen molar-refractivity contribution in [3.05, 3.63) is 129 Å². The molecule has 6 nitrogen and oxygen atoms in total. The van der Waals surface area contributed by atoms with Gasteiger partial charge in [-0.1, -0.05) is 75.2 Å². The summed E-state index contributed by atoms with van der Waals surface area (Å²) in [6.07, 6.45) is -0.202. The van der Waals surface area contributed by atoms with E-state index in [0.717, 1.165) is 55.7 Å². The summed E-state index contributed by atoms with van der Waals surface area (Å²) >= 11 is 0. The van der Waals surface area contributed by atoms with Crippen molar-refractivity contribution >= 4 is 24.9 Å². The van der Waals surface area contributed by atoms with Gasteiger partial charge in [0.15, 0.2) is 23.3 Å². The molecule has 0 bridgehead atoms. The number of hydrogen-bond donors (Lipinski definition) is 0. The molecule has 0 radical (unpaired) electrons. The van der Waals surface area contributed by atoms with Crippen molar-refractivity contribution in [3.63, 3.8) is 0 Å². The van der Waals surface area contributed by atoms with Gasteiger partial charge in [-0.25, -0.2) is 17.6 Å². The molecule has 0 spiro atoms. The van der Waals surface area contributed by atoms with Gasteiger partial charge in [-0.3, -0.25) is 0 Å². The second-order valence-corrected chi connectivity index (χ2v) is 11.0. The average molecular weight is 755 g/mol. The predicted molar refractivity (Wildman–Crippen MR) is 182 cm³/mol. The van der Waals surface area contributed by atoms with Gasteiger partial charge >= 0.3 is 12.7 Å². The molecular weight excluding hydrogens is 722 g/mol. The van der Waals surface area contributed by atoms with Gasteiger partial charge in [0.1, 0.15) is 0 Å². The minimum Gasteiger partial charge on any atom is -0.399 e. The first kappa shape index (κ1) is 41.9. The number of aryl methyl sites for hydroxylation is 2. The number of halogens is 10. The Balaban J connectivity index is 0.000000286. The maximum Gasteiger partial charge on any atom is 0.573 e. The molecule has 4 rings (SSSR count). The van der Waals surface area contributed by atoms with Gasteiger partial charge in [-0.2, -0.15) is 20.4 Å². The zero-order valence-electron chi connectivity index (χ0n) is 28.2. The lowest BCUT2D eigenvalue weighted by Crippen LogP contribution is -2.19. The van der Waals surface area contributed by atoms with E-state index in [2.05, 4.69) is 43.7 Å². The summed E-state index contributed by atoms with van der Waals surface area (Å²) in [4.78, 5) is 0. The van der Waals surface area contributed by atoms with Gasteiger partial charge in [-0.15, -0.1) is 26.3 Å². The van der Waals surface area contributed by atoms with E-state index in [1.54, 1.807) is 0 Å². The molecule has 0 atom stereocenters. The highest BCUT2D eigenvalue weighted by molar-refractivity contribution is 5.83. The van der Waals surface area contributed by atoms with Crippen LogP contribution < -0.4 is 9.47 Å². The van der Waals surface area contributed by atoms with E-state index < -0.39 is 47.5 Å². The summed E-state index contributed by atoms with van der Waals surface area (Å²) in [5.74, 6) is -8.96. The van der Waals surface area contributed by atoms with Crippen LogP contribution in [0.2, 0.25) is 0 Å². The molecule has 0 aliphatic rings. The second-order valence-electron chi connectivity index (χ2n) is 11.0. The Labute approximate surface area is 298 Å². The first-order valence-corrected chi connectivity index (χ1v) is 15.9. The van der Waals surface area contributed by atoms with Gasteiger partial charge < -0.3 is 9.47 Å². The molecule has 0 amide bonds. The number of benzene rings is 4. The van der Waals surface area contributed by atoms with E-state index in [0.29, 0.717) is 24.3 Å². The largest absolute Gasteiger partial charge is 0.573 e. The zero-order valence-corrected chi connectivity index (χ0v) is 28.2. The van der Waals surface area contributed by atoms with Crippen LogP contribution >= 0.6 is 0 Å². The molecule has 0 unspecified atom stereocenters. The molecule has 282 valence electrons. The summed E-state index contributed by atoms with van der Waals surface area (Å²) in [6.45, 7) is 4.20. The highest BCUT2D eigenvalue weighted by atomic mass is 19.4. The van der Waals surface area contributed by atoms with Crippen molar-refractivity contribution in [2.24, 2.45) is 20.4 Å². The van der Waals surface area contributed by atoms with Crippen LogP contribution in [0.15, 0.2) is 93.2 Å². The number of nitrogens with zero attached hydrogens (tertiary/aromatic N) is 4. The van der Waals surface area contributed by atoms with Crippen LogP contribution in [0.5, 0.6) is 11.5 Å². The van der Waals surface area contributed by atoms with Gasteiger partial charge in [-0.05, 0) is 65.8 Å². The van der Waals surface area contributed by atoms with Crippen molar-refractivity contribution in [1.29, 1.82) is 0 Å². The zero-order chi connectivity index (χ0) is 39.0. The Hall–Kier alpha value is -5.54. The van der Waals surface area contributed by atoms with Crippen LogP contribution in [0, 0.1) is 23.3 Å². The number of ether oxygens (including phenoxy) is 2. The van der Waals surface area contributed by atoms with Crippen molar-refractivity contribution < 1.29 is 53.4 Å². The number of alkyl halides is 6. The smallest absolute Gasteiger partial charge is 0.399 e. The number of unbranched alkanes of at least 4 members (excludes halogenated alkanes) is 1. The van der Waals surface area contributed by atoms with Gasteiger partial charge in [0.25, 0.3) is 0 Å². The molecule has 0 saturated heterocycles. The minimum absolute atomic E-state index is 0.0911. The van der Waals surface area contributed by atoms with Crippen molar-refractivity contribution in [1.82, 2.24) is 0 Å². The monoisotopic (exact) mass is 754 g/mol. The molecule has 0 aliphatic carbocycles. The molecule has 16 heteroatoms. The molecular formula is C37H32F10N4O2. The van der Waals surface area contributed by atoms with E-state index in [9.17, 15) is 43.9 Å². The van der Waals surface area contributed by atoms with Crippen LogP contribution in [0.1, 0.15) is 66.5 Å². The van der Waals surface area contributed by atoms with E-state index >= 15 is 0 Å². The molecule has 53 heavy (non-hydrogen) atoms. The summed E-state index contributed by atoms with van der Waals surface area (Å²) < 4.78 is 133. The summed E-state index contributed by atoms with van der Waals surface area (Å²) in [5, 5.41) is 14.8. The Kier molecular flexibility index (Phi) is 15.7. The maximum atomic E-state index is 13.6. The third-order valence-corrected chi connectivity index (χ3v) is 6.75.